The number of halogens is 3. The number of aryl methyl sites for hydroxylation is 1. The summed E-state index contributed by atoms with van der Waals surface area (Å²) < 4.78 is 42.8. The van der Waals surface area contributed by atoms with Crippen molar-refractivity contribution in [2.45, 2.75) is 31.7 Å². The van der Waals surface area contributed by atoms with Crippen LogP contribution in [0.1, 0.15) is 24.2 Å². The second-order valence-corrected chi connectivity index (χ2v) is 6.62. The first-order valence-corrected chi connectivity index (χ1v) is 8.51. The highest BCUT2D eigenvalue weighted by Gasteiger charge is 2.46. The number of nitrogens with one attached hydrogen (secondary N) is 2. The van der Waals surface area contributed by atoms with E-state index in [2.05, 4.69) is 25.5 Å². The molecule has 10 heteroatoms. The van der Waals surface area contributed by atoms with Crippen molar-refractivity contribution in [3.63, 3.8) is 0 Å². The molecule has 146 valence electrons. The molecule has 2 heterocycles. The zero-order valence-corrected chi connectivity index (χ0v) is 14.7. The smallest absolute Gasteiger partial charge is 0.406 e. The normalized spacial score (nSPS) is 15.3. The molecule has 0 aliphatic heterocycles. The van der Waals surface area contributed by atoms with Gasteiger partial charge in [-0.1, -0.05) is 12.1 Å². The van der Waals surface area contributed by atoms with Crippen molar-refractivity contribution in [3.05, 3.63) is 54.0 Å². The predicted octanol–water partition coefficient (Wildman–Crippen LogP) is 3.75. The lowest BCUT2D eigenvalue weighted by Gasteiger charge is -2.19. The number of hydrogen-bond acceptors (Lipinski definition) is 4. The van der Waals surface area contributed by atoms with Gasteiger partial charge >= 0.3 is 12.4 Å². The summed E-state index contributed by atoms with van der Waals surface area (Å²) in [7, 11) is 0. The van der Waals surface area contributed by atoms with Gasteiger partial charge in [-0.3, -0.25) is 0 Å². The molecule has 0 unspecified atom stereocenters. The van der Waals surface area contributed by atoms with Gasteiger partial charge in [0, 0.05) is 0 Å². The fraction of sp³-hybridized carbons (Fsp3) is 0.278. The van der Waals surface area contributed by atoms with Gasteiger partial charge in [0.25, 0.3) is 0 Å². The van der Waals surface area contributed by atoms with Crippen molar-refractivity contribution in [2.24, 2.45) is 0 Å². The third-order valence-electron chi connectivity index (χ3n) is 4.42. The number of fused-ring (bicyclic) bond motifs is 1. The van der Waals surface area contributed by atoms with Crippen LogP contribution < -0.4 is 15.4 Å². The van der Waals surface area contributed by atoms with Crippen molar-refractivity contribution in [3.8, 4) is 5.75 Å². The van der Waals surface area contributed by atoms with E-state index < -0.39 is 17.9 Å². The molecule has 0 radical (unpaired) electrons. The first-order valence-electron chi connectivity index (χ1n) is 8.51. The molecule has 1 saturated carbocycles. The number of aromatic nitrogens is 3. The minimum absolute atomic E-state index is 0.314. The van der Waals surface area contributed by atoms with Crippen LogP contribution in [0.3, 0.4) is 0 Å². The van der Waals surface area contributed by atoms with Gasteiger partial charge in [-0.25, -0.2) is 14.3 Å². The Labute approximate surface area is 157 Å². The zero-order valence-electron chi connectivity index (χ0n) is 14.7. The first-order chi connectivity index (χ1) is 13.2. The van der Waals surface area contributed by atoms with Gasteiger partial charge in [-0.05, 0) is 49.6 Å². The zero-order chi connectivity index (χ0) is 19.9. The number of carbonyl (C=O) groups is 1. The molecule has 1 fully saturated rings. The molecule has 0 saturated heterocycles. The maximum absolute atomic E-state index is 12.4. The first kappa shape index (κ1) is 18.1. The van der Waals surface area contributed by atoms with Crippen LogP contribution in [0.2, 0.25) is 0 Å². The van der Waals surface area contributed by atoms with E-state index in [1.807, 2.05) is 0 Å². The summed E-state index contributed by atoms with van der Waals surface area (Å²) >= 11 is 0. The number of pyridine rings is 1. The summed E-state index contributed by atoms with van der Waals surface area (Å²) in [5.41, 5.74) is 1.03. The molecular weight excluding hydrogens is 375 g/mol. The lowest BCUT2D eigenvalue weighted by molar-refractivity contribution is -0.274. The summed E-state index contributed by atoms with van der Waals surface area (Å²) in [6.45, 7) is 1.76. The fourth-order valence-electron chi connectivity index (χ4n) is 3.05. The molecule has 0 bridgehead atoms. The highest BCUT2D eigenvalue weighted by molar-refractivity contribution is 5.90. The Kier molecular flexibility index (Phi) is 4.13. The SMILES string of the molecule is Cc1nc2ccc(NC(=O)NC3(c4cccc(OC(F)(F)F)c4)CC3)cn2n1. The number of nitrogens with zero attached hydrogens (tertiary/aromatic N) is 3. The summed E-state index contributed by atoms with van der Waals surface area (Å²) in [5.74, 6) is 0.296. The van der Waals surface area contributed by atoms with E-state index in [4.69, 9.17) is 0 Å². The molecular formula is C18H16F3N5O2. The van der Waals surface area contributed by atoms with Crippen molar-refractivity contribution >= 4 is 17.4 Å². The quantitative estimate of drug-likeness (QED) is 0.710. The Hall–Kier alpha value is -3.30. The number of ether oxygens (including phenoxy) is 1. The molecule has 28 heavy (non-hydrogen) atoms. The largest absolute Gasteiger partial charge is 0.573 e. The molecule has 2 amide bonds. The molecule has 0 spiro atoms. The number of urea groups is 1. The summed E-state index contributed by atoms with van der Waals surface area (Å²) in [5, 5.41) is 9.74. The van der Waals surface area contributed by atoms with Gasteiger partial charge in [0.05, 0.1) is 17.4 Å². The van der Waals surface area contributed by atoms with Crippen molar-refractivity contribution in [1.29, 1.82) is 0 Å². The van der Waals surface area contributed by atoms with Gasteiger partial charge < -0.3 is 15.4 Å². The predicted molar refractivity (Wildman–Crippen MR) is 93.9 cm³/mol. The number of alkyl halides is 3. The molecule has 2 N–H and O–H groups in total. The van der Waals surface area contributed by atoms with Crippen LogP contribution in [0, 0.1) is 6.92 Å². The second kappa shape index (κ2) is 6.39. The number of amides is 2. The average Bonchev–Trinajstić information content (AvgIpc) is 3.27. The maximum atomic E-state index is 12.4. The summed E-state index contributed by atoms with van der Waals surface area (Å²) in [6.07, 6.45) is -1.89. The van der Waals surface area contributed by atoms with Gasteiger partial charge in [0.2, 0.25) is 0 Å². The van der Waals surface area contributed by atoms with Crippen LogP contribution in [0.4, 0.5) is 23.7 Å². The number of carbonyl (C=O) groups excluding carboxylic acids is 1. The van der Waals surface area contributed by atoms with E-state index >= 15 is 0 Å². The van der Waals surface area contributed by atoms with Crippen LogP contribution in [-0.2, 0) is 5.54 Å². The number of benzene rings is 1. The van der Waals surface area contributed by atoms with Crippen LogP contribution in [0.15, 0.2) is 42.6 Å². The molecule has 0 atom stereocenters. The van der Waals surface area contributed by atoms with Gasteiger partial charge in [-0.15, -0.1) is 13.2 Å². The Morgan fingerprint density at radius 1 is 1.25 bits per heavy atom. The standard InChI is InChI=1S/C18H16F3N5O2/c1-11-22-15-6-5-13(10-26(15)25-11)23-16(27)24-17(7-8-17)12-3-2-4-14(9-12)28-18(19,20)21/h2-6,9-10H,7-8H2,1H3,(H2,23,24,27). The van der Waals surface area contributed by atoms with Crippen LogP contribution >= 0.6 is 0 Å². The number of hydrogen-bond donors (Lipinski definition) is 2. The average molecular weight is 391 g/mol. The van der Waals surface area contributed by atoms with Crippen molar-refractivity contribution in [1.82, 2.24) is 19.9 Å². The lowest BCUT2D eigenvalue weighted by Crippen LogP contribution is -2.38. The van der Waals surface area contributed by atoms with Gasteiger partial charge in [0.1, 0.15) is 11.6 Å². The minimum atomic E-state index is -4.77. The highest BCUT2D eigenvalue weighted by Crippen LogP contribution is 2.46. The highest BCUT2D eigenvalue weighted by atomic mass is 19.4. The minimum Gasteiger partial charge on any atom is -0.406 e. The van der Waals surface area contributed by atoms with E-state index in [0.29, 0.717) is 35.6 Å². The molecule has 7 nitrogen and oxygen atoms in total. The van der Waals surface area contributed by atoms with Gasteiger partial charge in [-0.2, -0.15) is 5.10 Å². The van der Waals surface area contributed by atoms with Crippen LogP contribution in [0.5, 0.6) is 5.75 Å². The molecule has 1 aliphatic rings. The Bertz CT molecular complexity index is 1040. The summed E-state index contributed by atoms with van der Waals surface area (Å²) in [6, 6.07) is 8.61. The molecule has 3 aromatic rings. The Morgan fingerprint density at radius 3 is 2.75 bits per heavy atom. The van der Waals surface area contributed by atoms with E-state index in [-0.39, 0.29) is 5.75 Å². The molecule has 2 aromatic heterocycles. The van der Waals surface area contributed by atoms with E-state index in [1.165, 1.54) is 18.2 Å². The van der Waals surface area contributed by atoms with Gasteiger partial charge in [0.15, 0.2) is 5.65 Å². The number of anilines is 1. The summed E-state index contributed by atoms with van der Waals surface area (Å²) in [4.78, 5) is 16.6. The molecule has 1 aliphatic carbocycles. The number of rotatable bonds is 4. The lowest BCUT2D eigenvalue weighted by atomic mass is 10.0. The monoisotopic (exact) mass is 391 g/mol. The topological polar surface area (TPSA) is 80.5 Å². The Morgan fingerprint density at radius 2 is 2.04 bits per heavy atom. The third kappa shape index (κ3) is 3.85. The van der Waals surface area contributed by atoms with Crippen LogP contribution in [0.25, 0.3) is 5.65 Å². The fourth-order valence-corrected chi connectivity index (χ4v) is 3.05. The van der Waals surface area contributed by atoms with E-state index in [0.717, 1.165) is 0 Å². The van der Waals surface area contributed by atoms with E-state index in [1.54, 1.807) is 35.8 Å². The molecule has 1 aromatic carbocycles. The van der Waals surface area contributed by atoms with Crippen molar-refractivity contribution in [2.75, 3.05) is 5.32 Å². The second-order valence-electron chi connectivity index (χ2n) is 6.62. The van der Waals surface area contributed by atoms with E-state index in [9.17, 15) is 18.0 Å². The Balaban J connectivity index is 1.47. The van der Waals surface area contributed by atoms with Crippen LogP contribution in [-0.4, -0.2) is 27.0 Å². The third-order valence-corrected chi connectivity index (χ3v) is 4.42. The van der Waals surface area contributed by atoms with Crippen molar-refractivity contribution < 1.29 is 22.7 Å². The maximum Gasteiger partial charge on any atom is 0.573 e. The molecule has 4 rings (SSSR count).